The molecule has 5 nitrogen and oxygen atoms in total. The number of hydrogen-bond acceptors (Lipinski definition) is 3. The summed E-state index contributed by atoms with van der Waals surface area (Å²) >= 11 is 0. The largest absolute Gasteiger partial charge is 0.516 e. The van der Waals surface area contributed by atoms with E-state index in [4.69, 9.17) is 10.00 Å². The van der Waals surface area contributed by atoms with Gasteiger partial charge in [-0.05, 0) is 6.08 Å². The van der Waals surface area contributed by atoms with Gasteiger partial charge in [-0.15, -0.1) is 0 Å². The zero-order chi connectivity index (χ0) is 7.33. The molecule has 0 heterocycles. The maximum Gasteiger partial charge on any atom is 0.400 e. The van der Waals surface area contributed by atoms with E-state index in [-0.39, 0.29) is 6.61 Å². The molecule has 54 valence electrons. The first-order valence-corrected chi connectivity index (χ1v) is 3.76. The van der Waals surface area contributed by atoms with Crippen molar-refractivity contribution in [1.82, 2.24) is 0 Å². The molecule has 9 heavy (non-hydrogen) atoms. The van der Waals surface area contributed by atoms with Crippen LogP contribution in [-0.2, 0) is 9.09 Å². The molecule has 0 fully saturated rings. The lowest BCUT2D eigenvalue weighted by Crippen LogP contribution is -1.97. The average Bonchev–Trinajstić information content (AvgIpc) is 1.63. The summed E-state index contributed by atoms with van der Waals surface area (Å²) in [6.45, 7) is -0.166. The Bertz CT molecular complexity index is 139. The summed E-state index contributed by atoms with van der Waals surface area (Å²) in [7, 11) is -3.86. The SMILES string of the molecule is NP(=O)(O)OCC=CO. The highest BCUT2D eigenvalue weighted by molar-refractivity contribution is 7.50. The minimum absolute atomic E-state index is 0.166. The van der Waals surface area contributed by atoms with Gasteiger partial charge in [-0.25, -0.2) is 10.1 Å². The lowest BCUT2D eigenvalue weighted by molar-refractivity contribution is 0.286. The first-order chi connectivity index (χ1) is 4.06. The van der Waals surface area contributed by atoms with E-state index < -0.39 is 7.75 Å². The van der Waals surface area contributed by atoms with Crippen molar-refractivity contribution in [3.05, 3.63) is 12.3 Å². The number of aliphatic hydroxyl groups is 1. The minimum atomic E-state index is -3.86. The highest BCUT2D eigenvalue weighted by Gasteiger charge is 2.07. The van der Waals surface area contributed by atoms with Crippen LogP contribution in [0.1, 0.15) is 0 Å². The van der Waals surface area contributed by atoms with Gasteiger partial charge in [-0.1, -0.05) is 0 Å². The lowest BCUT2D eigenvalue weighted by Gasteiger charge is -2.00. The second-order valence-corrected chi connectivity index (χ2v) is 2.63. The second-order valence-electron chi connectivity index (χ2n) is 1.24. The summed E-state index contributed by atoms with van der Waals surface area (Å²) in [5, 5.41) is 7.99. The fraction of sp³-hybridized carbons (Fsp3) is 0.333. The van der Waals surface area contributed by atoms with Crippen LogP contribution in [0.25, 0.3) is 0 Å². The van der Waals surface area contributed by atoms with E-state index in [1.54, 1.807) is 0 Å². The summed E-state index contributed by atoms with van der Waals surface area (Å²) in [6, 6.07) is 0. The van der Waals surface area contributed by atoms with Crippen LogP contribution >= 0.6 is 7.75 Å². The number of nitrogens with two attached hydrogens (primary N) is 1. The van der Waals surface area contributed by atoms with Crippen molar-refractivity contribution in [2.45, 2.75) is 0 Å². The maximum atomic E-state index is 10.1. The highest BCUT2D eigenvalue weighted by atomic mass is 31.2. The smallest absolute Gasteiger partial charge is 0.400 e. The van der Waals surface area contributed by atoms with Gasteiger partial charge in [-0.2, -0.15) is 0 Å². The van der Waals surface area contributed by atoms with Crippen LogP contribution in [0.5, 0.6) is 0 Å². The molecule has 0 rings (SSSR count). The quantitative estimate of drug-likeness (QED) is 0.396. The first kappa shape index (κ1) is 8.65. The number of hydrogen-bond donors (Lipinski definition) is 3. The fourth-order valence-electron chi connectivity index (χ4n) is 0.193. The van der Waals surface area contributed by atoms with E-state index in [9.17, 15) is 4.57 Å². The van der Waals surface area contributed by atoms with Gasteiger partial charge in [0.25, 0.3) is 0 Å². The van der Waals surface area contributed by atoms with Crippen LogP contribution in [0, 0.1) is 0 Å². The van der Waals surface area contributed by atoms with Crippen molar-refractivity contribution >= 4 is 7.75 Å². The molecule has 0 radical (unpaired) electrons. The molecule has 0 aromatic rings. The minimum Gasteiger partial charge on any atom is -0.516 e. The van der Waals surface area contributed by atoms with E-state index >= 15 is 0 Å². The van der Waals surface area contributed by atoms with Crippen LogP contribution in [0.4, 0.5) is 0 Å². The van der Waals surface area contributed by atoms with Gasteiger partial charge in [0.2, 0.25) is 0 Å². The van der Waals surface area contributed by atoms with E-state index in [0.717, 1.165) is 6.08 Å². The Morgan fingerprint density at radius 1 is 1.78 bits per heavy atom. The molecule has 0 aromatic heterocycles. The lowest BCUT2D eigenvalue weighted by atomic mass is 10.7. The van der Waals surface area contributed by atoms with Gasteiger partial charge in [0.05, 0.1) is 12.9 Å². The molecule has 1 atom stereocenters. The predicted octanol–water partition coefficient (Wildman–Crippen LogP) is 0.134. The molecule has 0 saturated carbocycles. The van der Waals surface area contributed by atoms with Crippen molar-refractivity contribution in [2.75, 3.05) is 6.61 Å². The highest BCUT2D eigenvalue weighted by Crippen LogP contribution is 2.30. The van der Waals surface area contributed by atoms with Crippen LogP contribution < -0.4 is 5.50 Å². The molecular weight excluding hydrogens is 145 g/mol. The number of rotatable bonds is 3. The number of aliphatic hydroxyl groups excluding tert-OH is 1. The van der Waals surface area contributed by atoms with Gasteiger partial charge in [-0.3, -0.25) is 4.52 Å². The Morgan fingerprint density at radius 3 is 2.67 bits per heavy atom. The zero-order valence-corrected chi connectivity index (χ0v) is 5.49. The van der Waals surface area contributed by atoms with E-state index in [1.807, 2.05) is 0 Å². The van der Waals surface area contributed by atoms with Gasteiger partial charge in [0.15, 0.2) is 0 Å². The topological polar surface area (TPSA) is 92.8 Å². The Kier molecular flexibility index (Phi) is 3.49. The molecule has 0 saturated heterocycles. The predicted molar refractivity (Wildman–Crippen MR) is 31.7 cm³/mol. The summed E-state index contributed by atoms with van der Waals surface area (Å²) < 4.78 is 14.2. The summed E-state index contributed by atoms with van der Waals surface area (Å²) in [5.74, 6) is 0. The summed E-state index contributed by atoms with van der Waals surface area (Å²) in [6.07, 6.45) is 1.85. The average molecular weight is 153 g/mol. The van der Waals surface area contributed by atoms with Crippen LogP contribution in [0.3, 0.4) is 0 Å². The third kappa shape index (κ3) is 7.65. The third-order valence-electron chi connectivity index (χ3n) is 0.461. The maximum absolute atomic E-state index is 10.1. The van der Waals surface area contributed by atoms with Gasteiger partial charge in [0, 0.05) is 0 Å². The van der Waals surface area contributed by atoms with Gasteiger partial charge >= 0.3 is 7.75 Å². The molecule has 1 unspecified atom stereocenters. The van der Waals surface area contributed by atoms with E-state index in [0.29, 0.717) is 6.26 Å². The molecular formula is C3H8NO4P. The van der Waals surface area contributed by atoms with Crippen molar-refractivity contribution in [3.8, 4) is 0 Å². The molecule has 0 amide bonds. The molecule has 0 aliphatic rings. The van der Waals surface area contributed by atoms with Crippen molar-refractivity contribution in [2.24, 2.45) is 5.50 Å². The Hall–Kier alpha value is -0.350. The summed E-state index contributed by atoms with van der Waals surface area (Å²) in [4.78, 5) is 8.24. The fourth-order valence-corrected chi connectivity index (χ4v) is 0.493. The van der Waals surface area contributed by atoms with Crippen molar-refractivity contribution < 1.29 is 19.1 Å². The molecule has 0 aromatic carbocycles. The molecule has 0 aliphatic heterocycles. The molecule has 0 spiro atoms. The van der Waals surface area contributed by atoms with Gasteiger partial charge in [0.1, 0.15) is 0 Å². The standard InChI is InChI=1S/C3H8NO4P/c4-9(6,7)8-3-1-2-5/h1-2,5H,3H2,(H3,4,6,7). The second kappa shape index (κ2) is 3.63. The third-order valence-corrected chi connectivity index (χ3v) is 0.980. The monoisotopic (exact) mass is 153 g/mol. The first-order valence-electron chi connectivity index (χ1n) is 2.11. The Morgan fingerprint density at radius 2 is 2.33 bits per heavy atom. The van der Waals surface area contributed by atoms with E-state index in [1.165, 1.54) is 0 Å². The van der Waals surface area contributed by atoms with Crippen LogP contribution in [0.15, 0.2) is 12.3 Å². The molecule has 0 bridgehead atoms. The van der Waals surface area contributed by atoms with Gasteiger partial charge < -0.3 is 10.00 Å². The summed E-state index contributed by atoms with van der Waals surface area (Å²) in [5.41, 5.74) is 4.55. The normalized spacial score (nSPS) is 18.0. The molecule has 4 N–H and O–H groups in total. The molecule has 6 heteroatoms. The van der Waals surface area contributed by atoms with Crippen molar-refractivity contribution in [1.29, 1.82) is 0 Å². The van der Waals surface area contributed by atoms with E-state index in [2.05, 4.69) is 10.0 Å². The molecule has 0 aliphatic carbocycles. The van der Waals surface area contributed by atoms with Crippen LogP contribution in [-0.4, -0.2) is 16.6 Å². The van der Waals surface area contributed by atoms with Crippen LogP contribution in [0.2, 0.25) is 0 Å². The zero-order valence-electron chi connectivity index (χ0n) is 4.60. The van der Waals surface area contributed by atoms with Crippen molar-refractivity contribution in [3.63, 3.8) is 0 Å². The Labute approximate surface area is 52.3 Å². The Balaban J connectivity index is 3.40.